The van der Waals surface area contributed by atoms with Crippen molar-refractivity contribution in [3.05, 3.63) is 27.5 Å². The van der Waals surface area contributed by atoms with E-state index in [0.717, 1.165) is 6.20 Å². The predicted molar refractivity (Wildman–Crippen MR) is 60.9 cm³/mol. The fraction of sp³-hybridized carbons (Fsp3) is 0.333. The molecule has 0 N–H and O–H groups in total. The summed E-state index contributed by atoms with van der Waals surface area (Å²) < 4.78 is 29.7. The first-order chi connectivity index (χ1) is 7.52. The fourth-order valence-electron chi connectivity index (χ4n) is 1.10. The van der Waals surface area contributed by atoms with Crippen LogP contribution in [-0.2, 0) is 10.1 Å². The molecule has 0 aliphatic carbocycles. The lowest BCUT2D eigenvalue weighted by atomic mass is 10.1. The Bertz CT molecular complexity index is 413. The maximum absolute atomic E-state index is 12.6. The Labute approximate surface area is 107 Å². The lowest BCUT2D eigenvalue weighted by Gasteiger charge is -2.10. The third-order valence-corrected chi connectivity index (χ3v) is 3.26. The van der Waals surface area contributed by atoms with E-state index in [-0.39, 0.29) is 20.9 Å². The first kappa shape index (κ1) is 13.5. The van der Waals surface area contributed by atoms with Crippen LogP contribution in [0.4, 0.5) is 8.78 Å². The molecular formula is C9H7Br2F2NO2. The lowest BCUT2D eigenvalue weighted by Crippen LogP contribution is -2.10. The van der Waals surface area contributed by atoms with Gasteiger partial charge in [-0.1, -0.05) is 15.9 Å². The second-order valence-electron chi connectivity index (χ2n) is 2.78. The molecular weight excluding hydrogens is 352 g/mol. The second-order valence-corrected chi connectivity index (χ2v) is 4.13. The number of aromatic nitrogens is 1. The molecule has 0 saturated heterocycles. The van der Waals surface area contributed by atoms with Gasteiger partial charge in [0, 0.05) is 16.0 Å². The number of methoxy groups -OCH3 is 1. The van der Waals surface area contributed by atoms with Gasteiger partial charge in [0.05, 0.1) is 23.9 Å². The summed E-state index contributed by atoms with van der Waals surface area (Å²) in [4.78, 5) is 15.2. The highest BCUT2D eigenvalue weighted by Crippen LogP contribution is 2.31. The number of hydrogen-bond acceptors (Lipinski definition) is 3. The zero-order chi connectivity index (χ0) is 12.3. The first-order valence-corrected chi connectivity index (χ1v) is 6.04. The van der Waals surface area contributed by atoms with Crippen molar-refractivity contribution in [2.75, 3.05) is 7.11 Å². The molecule has 0 spiro atoms. The molecule has 0 aliphatic heterocycles. The molecule has 0 unspecified atom stereocenters. The number of carbonyl (C=O) groups excluding carboxylic acids is 1. The summed E-state index contributed by atoms with van der Waals surface area (Å²) in [5.41, 5.74) is 0.0467. The molecule has 7 heteroatoms. The molecule has 1 rings (SSSR count). The minimum Gasteiger partial charge on any atom is -0.465 e. The van der Waals surface area contributed by atoms with E-state index in [0.29, 0.717) is 5.69 Å². The van der Waals surface area contributed by atoms with Crippen LogP contribution in [-0.4, -0.2) is 18.1 Å². The van der Waals surface area contributed by atoms with E-state index in [9.17, 15) is 13.6 Å². The number of ether oxygens (including phenoxy) is 1. The SMILES string of the molecule is COC(=O)c1c(CBr)ncc(C(F)F)c1Br. The van der Waals surface area contributed by atoms with Gasteiger partial charge >= 0.3 is 5.97 Å². The minimum absolute atomic E-state index is 0.0252. The highest BCUT2D eigenvalue weighted by Gasteiger charge is 2.23. The summed E-state index contributed by atoms with van der Waals surface area (Å²) >= 11 is 6.10. The largest absolute Gasteiger partial charge is 0.465 e. The van der Waals surface area contributed by atoms with E-state index in [1.54, 1.807) is 0 Å². The maximum Gasteiger partial charge on any atom is 0.340 e. The van der Waals surface area contributed by atoms with Crippen LogP contribution in [0.1, 0.15) is 28.0 Å². The number of halogens is 4. The molecule has 0 radical (unpaired) electrons. The summed E-state index contributed by atoms with van der Waals surface area (Å²) in [6.07, 6.45) is -1.66. The van der Waals surface area contributed by atoms with Crippen LogP contribution < -0.4 is 0 Å². The van der Waals surface area contributed by atoms with E-state index in [4.69, 9.17) is 0 Å². The molecule has 0 saturated carbocycles. The molecule has 16 heavy (non-hydrogen) atoms. The van der Waals surface area contributed by atoms with Gasteiger partial charge in [-0.3, -0.25) is 4.98 Å². The summed E-state index contributed by atoms with van der Waals surface area (Å²) in [6, 6.07) is 0. The smallest absolute Gasteiger partial charge is 0.340 e. The van der Waals surface area contributed by atoms with Gasteiger partial charge in [0.2, 0.25) is 0 Å². The zero-order valence-corrected chi connectivity index (χ0v) is 11.3. The topological polar surface area (TPSA) is 39.2 Å². The van der Waals surface area contributed by atoms with Crippen molar-refractivity contribution in [1.82, 2.24) is 4.98 Å². The van der Waals surface area contributed by atoms with Crippen LogP contribution in [0.25, 0.3) is 0 Å². The van der Waals surface area contributed by atoms with Gasteiger partial charge in [-0.2, -0.15) is 0 Å². The average Bonchev–Trinajstić information content (AvgIpc) is 2.26. The molecule has 0 aromatic carbocycles. The van der Waals surface area contributed by atoms with Gasteiger partial charge in [-0.25, -0.2) is 13.6 Å². The van der Waals surface area contributed by atoms with Crippen molar-refractivity contribution >= 4 is 37.8 Å². The Morgan fingerprint density at radius 1 is 1.62 bits per heavy atom. The van der Waals surface area contributed by atoms with Gasteiger partial charge in [-0.05, 0) is 15.9 Å². The van der Waals surface area contributed by atoms with Crippen LogP contribution >= 0.6 is 31.9 Å². The van der Waals surface area contributed by atoms with Gasteiger partial charge in [0.25, 0.3) is 6.43 Å². The van der Waals surface area contributed by atoms with E-state index in [2.05, 4.69) is 41.6 Å². The Morgan fingerprint density at radius 2 is 2.25 bits per heavy atom. The summed E-state index contributed by atoms with van der Waals surface area (Å²) in [5, 5.41) is 0.277. The number of rotatable bonds is 3. The molecule has 88 valence electrons. The normalized spacial score (nSPS) is 10.6. The predicted octanol–water partition coefficient (Wildman–Crippen LogP) is 3.46. The molecule has 0 amide bonds. The van der Waals surface area contributed by atoms with Crippen LogP contribution in [0.2, 0.25) is 0 Å². The van der Waals surface area contributed by atoms with Crippen LogP contribution in [0.5, 0.6) is 0 Å². The zero-order valence-electron chi connectivity index (χ0n) is 8.14. The van der Waals surface area contributed by atoms with Crippen molar-refractivity contribution in [2.24, 2.45) is 0 Å². The minimum atomic E-state index is -2.70. The first-order valence-electron chi connectivity index (χ1n) is 4.12. The van der Waals surface area contributed by atoms with Crippen molar-refractivity contribution in [1.29, 1.82) is 0 Å². The number of pyridine rings is 1. The number of hydrogen-bond donors (Lipinski definition) is 0. The molecule has 0 aliphatic rings. The number of alkyl halides is 3. The van der Waals surface area contributed by atoms with Crippen molar-refractivity contribution in [3.8, 4) is 0 Å². The molecule has 0 bridgehead atoms. The molecule has 3 nitrogen and oxygen atoms in total. The number of carbonyl (C=O) groups is 1. The average molecular weight is 359 g/mol. The molecule has 1 aromatic heterocycles. The maximum atomic E-state index is 12.6. The van der Waals surface area contributed by atoms with E-state index in [1.165, 1.54) is 7.11 Å². The van der Waals surface area contributed by atoms with E-state index in [1.807, 2.05) is 0 Å². The van der Waals surface area contributed by atoms with Gasteiger partial charge < -0.3 is 4.74 Å². The van der Waals surface area contributed by atoms with Crippen LogP contribution in [0.3, 0.4) is 0 Å². The van der Waals surface area contributed by atoms with Crippen LogP contribution in [0.15, 0.2) is 10.7 Å². The Kier molecular flexibility index (Phi) is 4.79. The highest BCUT2D eigenvalue weighted by atomic mass is 79.9. The molecule has 0 atom stereocenters. The second kappa shape index (κ2) is 5.67. The summed E-state index contributed by atoms with van der Waals surface area (Å²) in [7, 11) is 1.18. The Hall–Kier alpha value is -0.560. The quantitative estimate of drug-likeness (QED) is 0.613. The lowest BCUT2D eigenvalue weighted by molar-refractivity contribution is 0.0597. The van der Waals surface area contributed by atoms with Crippen molar-refractivity contribution in [2.45, 2.75) is 11.8 Å². The highest BCUT2D eigenvalue weighted by molar-refractivity contribution is 9.10. The van der Waals surface area contributed by atoms with Gasteiger partial charge in [0.1, 0.15) is 0 Å². The molecule has 0 fully saturated rings. The standard InChI is InChI=1S/C9H7Br2F2NO2/c1-16-9(15)6-5(2-10)14-3-4(7(6)11)8(12)13/h3,8H,2H2,1H3. The monoisotopic (exact) mass is 357 g/mol. The van der Waals surface area contributed by atoms with E-state index >= 15 is 0 Å². The Morgan fingerprint density at radius 3 is 2.69 bits per heavy atom. The Balaban J connectivity index is 3.40. The van der Waals surface area contributed by atoms with Crippen LogP contribution in [0, 0.1) is 0 Å². The molecule has 1 aromatic rings. The number of esters is 1. The van der Waals surface area contributed by atoms with Gasteiger partial charge in [-0.15, -0.1) is 0 Å². The summed E-state index contributed by atoms with van der Waals surface area (Å²) in [5.74, 6) is -0.698. The summed E-state index contributed by atoms with van der Waals surface area (Å²) in [6.45, 7) is 0. The third-order valence-electron chi connectivity index (χ3n) is 1.87. The van der Waals surface area contributed by atoms with E-state index < -0.39 is 12.4 Å². The third kappa shape index (κ3) is 2.57. The number of nitrogens with zero attached hydrogens (tertiary/aromatic N) is 1. The molecule has 1 heterocycles. The van der Waals surface area contributed by atoms with Crippen molar-refractivity contribution in [3.63, 3.8) is 0 Å². The van der Waals surface area contributed by atoms with Crippen molar-refractivity contribution < 1.29 is 18.3 Å². The fourth-order valence-corrected chi connectivity index (χ4v) is 2.19. The van der Waals surface area contributed by atoms with Gasteiger partial charge in [0.15, 0.2) is 0 Å².